The number of benzene rings is 2. The van der Waals surface area contributed by atoms with Crippen LogP contribution in [0.1, 0.15) is 0 Å². The molecule has 2 aromatic carbocycles. The van der Waals surface area contributed by atoms with E-state index in [1.807, 2.05) is 0 Å². The summed E-state index contributed by atoms with van der Waals surface area (Å²) in [4.78, 5) is 21.3. The van der Waals surface area contributed by atoms with Crippen LogP contribution in [0.3, 0.4) is 0 Å². The second kappa shape index (κ2) is 7.23. The number of anilines is 1. The van der Waals surface area contributed by atoms with Crippen molar-refractivity contribution in [3.63, 3.8) is 0 Å². The molecule has 25 heavy (non-hydrogen) atoms. The molecule has 0 aliphatic heterocycles. The molecule has 11 heteroatoms. The third kappa shape index (κ3) is 4.08. The fourth-order valence-corrected chi connectivity index (χ4v) is 3.46. The first-order chi connectivity index (χ1) is 11.8. The first-order valence-corrected chi connectivity index (χ1v) is 8.22. The Kier molecular flexibility index (Phi) is 5.29. The minimum Gasteiger partial charge on any atom is -0.293 e. The Hall–Kier alpha value is -3.05. The average Bonchev–Trinajstić information content (AvgIpc) is 2.59. The zero-order chi connectivity index (χ0) is 18.6. The van der Waals surface area contributed by atoms with Crippen molar-refractivity contribution in [3.05, 3.63) is 64.5 Å². The normalized spacial score (nSPS) is 11.0. The zero-order valence-electron chi connectivity index (χ0n) is 12.6. The van der Waals surface area contributed by atoms with Gasteiger partial charge in [0, 0.05) is 12.1 Å². The summed E-state index contributed by atoms with van der Waals surface area (Å²) in [7, 11) is -4.39. The molecule has 0 unspecified atom stereocenters. The number of carbonyl (C=O) groups excluding carboxylic acids is 1. The highest BCUT2D eigenvalue weighted by molar-refractivity contribution is 7.92. The van der Waals surface area contributed by atoms with E-state index in [-0.39, 0.29) is 5.69 Å². The van der Waals surface area contributed by atoms with E-state index in [4.69, 9.17) is 5.84 Å². The smallest absolute Gasteiger partial charge is 0.270 e. The highest BCUT2D eigenvalue weighted by Gasteiger charge is 2.28. The summed E-state index contributed by atoms with van der Waals surface area (Å²) >= 11 is 0. The third-order valence-electron chi connectivity index (χ3n) is 3.16. The Morgan fingerprint density at radius 2 is 1.92 bits per heavy atom. The van der Waals surface area contributed by atoms with Gasteiger partial charge in [0.05, 0.1) is 15.5 Å². The van der Waals surface area contributed by atoms with Gasteiger partial charge in [0.2, 0.25) is 0 Å². The maximum Gasteiger partial charge on any atom is 0.270 e. The molecule has 0 aliphatic carbocycles. The van der Waals surface area contributed by atoms with E-state index < -0.39 is 43.8 Å². The number of nitrogens with zero attached hydrogens (tertiary/aromatic N) is 2. The van der Waals surface area contributed by atoms with Crippen LogP contribution in [-0.2, 0) is 14.8 Å². The van der Waals surface area contributed by atoms with E-state index in [1.54, 1.807) is 5.43 Å². The SMILES string of the molecule is NNC(=O)CN(c1cccc(F)c1)S(=O)(=O)c1cccc([N+](=O)[O-])c1. The number of nitro benzene ring substituents is 1. The van der Waals surface area contributed by atoms with E-state index in [0.717, 1.165) is 30.3 Å². The second-order valence-corrected chi connectivity index (χ2v) is 6.68. The number of hydrazine groups is 1. The largest absolute Gasteiger partial charge is 0.293 e. The van der Waals surface area contributed by atoms with E-state index in [0.29, 0.717) is 4.31 Å². The summed E-state index contributed by atoms with van der Waals surface area (Å²) < 4.78 is 39.7. The van der Waals surface area contributed by atoms with Crippen molar-refractivity contribution in [2.75, 3.05) is 10.8 Å². The van der Waals surface area contributed by atoms with Gasteiger partial charge in [0.25, 0.3) is 21.6 Å². The summed E-state index contributed by atoms with van der Waals surface area (Å²) in [5, 5.41) is 10.9. The number of halogens is 1. The van der Waals surface area contributed by atoms with Gasteiger partial charge in [-0.05, 0) is 24.3 Å². The monoisotopic (exact) mass is 368 g/mol. The number of hydrogen-bond acceptors (Lipinski definition) is 6. The maximum atomic E-state index is 13.5. The number of non-ortho nitro benzene ring substituents is 1. The van der Waals surface area contributed by atoms with Crippen molar-refractivity contribution < 1.29 is 22.5 Å². The molecule has 0 saturated carbocycles. The lowest BCUT2D eigenvalue weighted by Crippen LogP contribution is -2.43. The van der Waals surface area contributed by atoms with Gasteiger partial charge in [-0.15, -0.1) is 0 Å². The van der Waals surface area contributed by atoms with Crippen molar-refractivity contribution in [1.82, 2.24) is 5.43 Å². The quantitative estimate of drug-likeness (QED) is 0.337. The van der Waals surface area contributed by atoms with Gasteiger partial charge in [0.15, 0.2) is 0 Å². The summed E-state index contributed by atoms with van der Waals surface area (Å²) in [5.41, 5.74) is 1.22. The highest BCUT2D eigenvalue weighted by Crippen LogP contribution is 2.26. The number of amides is 1. The Labute approximate surface area is 142 Å². The molecule has 0 spiro atoms. The summed E-state index contributed by atoms with van der Waals surface area (Å²) in [5.74, 6) is 3.42. The Bertz CT molecular complexity index is 919. The van der Waals surface area contributed by atoms with Gasteiger partial charge in [0.1, 0.15) is 12.4 Å². The van der Waals surface area contributed by atoms with Crippen molar-refractivity contribution in [2.24, 2.45) is 5.84 Å². The van der Waals surface area contributed by atoms with E-state index in [9.17, 15) is 27.7 Å². The summed E-state index contributed by atoms with van der Waals surface area (Å²) in [6, 6.07) is 8.86. The number of nitro groups is 1. The fourth-order valence-electron chi connectivity index (χ4n) is 2.01. The molecule has 2 aromatic rings. The lowest BCUT2D eigenvalue weighted by Gasteiger charge is -2.23. The fraction of sp³-hybridized carbons (Fsp3) is 0.0714. The predicted molar refractivity (Wildman–Crippen MR) is 86.4 cm³/mol. The van der Waals surface area contributed by atoms with Gasteiger partial charge >= 0.3 is 0 Å². The molecule has 9 nitrogen and oxygen atoms in total. The summed E-state index contributed by atoms with van der Waals surface area (Å²) in [6.07, 6.45) is 0. The molecule has 0 saturated heterocycles. The molecule has 1 amide bonds. The molecule has 0 bridgehead atoms. The van der Waals surface area contributed by atoms with Crippen molar-refractivity contribution >= 4 is 27.3 Å². The van der Waals surface area contributed by atoms with Crippen LogP contribution in [0.15, 0.2) is 53.4 Å². The topological polar surface area (TPSA) is 136 Å². The van der Waals surface area contributed by atoms with Crippen LogP contribution in [0.25, 0.3) is 0 Å². The van der Waals surface area contributed by atoms with Gasteiger partial charge in [-0.1, -0.05) is 12.1 Å². The van der Waals surface area contributed by atoms with Gasteiger partial charge in [-0.2, -0.15) is 0 Å². The number of nitrogens with two attached hydrogens (primary N) is 1. The second-order valence-electron chi connectivity index (χ2n) is 4.81. The number of sulfonamides is 1. The Morgan fingerprint density at radius 3 is 2.52 bits per heavy atom. The molecular weight excluding hydrogens is 355 g/mol. The zero-order valence-corrected chi connectivity index (χ0v) is 13.4. The minimum atomic E-state index is -4.39. The minimum absolute atomic E-state index is 0.130. The molecule has 0 radical (unpaired) electrons. The standard InChI is InChI=1S/C14H13FN4O5S/c15-10-3-1-4-11(7-10)18(9-14(20)17-16)25(23,24)13-6-2-5-12(8-13)19(21)22/h1-8H,9,16H2,(H,17,20). The van der Waals surface area contributed by atoms with Crippen LogP contribution in [0.5, 0.6) is 0 Å². The van der Waals surface area contributed by atoms with Crippen molar-refractivity contribution in [1.29, 1.82) is 0 Å². The number of rotatable bonds is 6. The lowest BCUT2D eigenvalue weighted by molar-refractivity contribution is -0.385. The predicted octanol–water partition coefficient (Wildman–Crippen LogP) is 0.919. The van der Waals surface area contributed by atoms with Crippen LogP contribution < -0.4 is 15.6 Å². The number of hydrogen-bond donors (Lipinski definition) is 2. The van der Waals surface area contributed by atoms with Crippen molar-refractivity contribution in [2.45, 2.75) is 4.90 Å². The first kappa shape index (κ1) is 18.3. The molecule has 0 fully saturated rings. The molecule has 0 aliphatic rings. The van der Waals surface area contributed by atoms with Gasteiger partial charge in [-0.25, -0.2) is 18.7 Å². The number of nitrogens with one attached hydrogen (secondary N) is 1. The molecule has 132 valence electrons. The molecule has 3 N–H and O–H groups in total. The highest BCUT2D eigenvalue weighted by atomic mass is 32.2. The molecular formula is C14H13FN4O5S. The molecule has 0 heterocycles. The first-order valence-electron chi connectivity index (χ1n) is 6.78. The van der Waals surface area contributed by atoms with E-state index >= 15 is 0 Å². The summed E-state index contributed by atoms with van der Waals surface area (Å²) in [6.45, 7) is -0.731. The van der Waals surface area contributed by atoms with Crippen LogP contribution in [0, 0.1) is 15.9 Å². The van der Waals surface area contributed by atoms with Gasteiger partial charge in [-0.3, -0.25) is 24.6 Å². The molecule has 0 aromatic heterocycles. The molecule has 0 atom stereocenters. The van der Waals surface area contributed by atoms with Crippen LogP contribution in [0.2, 0.25) is 0 Å². The van der Waals surface area contributed by atoms with E-state index in [1.165, 1.54) is 18.2 Å². The Balaban J connectivity index is 2.57. The average molecular weight is 368 g/mol. The van der Waals surface area contributed by atoms with Gasteiger partial charge < -0.3 is 0 Å². The Morgan fingerprint density at radius 1 is 1.24 bits per heavy atom. The van der Waals surface area contributed by atoms with Crippen LogP contribution >= 0.6 is 0 Å². The molecule has 2 rings (SSSR count). The van der Waals surface area contributed by atoms with E-state index in [2.05, 4.69) is 0 Å². The number of carbonyl (C=O) groups is 1. The van der Waals surface area contributed by atoms with Crippen LogP contribution in [-0.4, -0.2) is 25.8 Å². The van der Waals surface area contributed by atoms with Crippen LogP contribution in [0.4, 0.5) is 15.8 Å². The lowest BCUT2D eigenvalue weighted by atomic mass is 10.3. The maximum absolute atomic E-state index is 13.5. The van der Waals surface area contributed by atoms with Crippen molar-refractivity contribution in [3.8, 4) is 0 Å². The third-order valence-corrected chi connectivity index (χ3v) is 4.93.